The molecule has 16 heavy (non-hydrogen) atoms. The van der Waals surface area contributed by atoms with Gasteiger partial charge in [0.25, 0.3) is 0 Å². The minimum Gasteiger partial charge on any atom is -0.356 e. The molecule has 1 aromatic rings. The Morgan fingerprint density at radius 2 is 2.19 bits per heavy atom. The molecule has 2 N–H and O–H groups in total. The van der Waals surface area contributed by atoms with Crippen LogP contribution >= 0.6 is 0 Å². The van der Waals surface area contributed by atoms with Crippen LogP contribution in [0.2, 0.25) is 0 Å². The Labute approximate surface area is 95.5 Å². The van der Waals surface area contributed by atoms with Gasteiger partial charge in [-0.3, -0.25) is 9.78 Å². The Morgan fingerprint density at radius 3 is 2.81 bits per heavy atom. The molecule has 4 nitrogen and oxygen atoms in total. The van der Waals surface area contributed by atoms with E-state index >= 15 is 0 Å². The molecule has 0 spiro atoms. The molecule has 4 heteroatoms. The fraction of sp³-hybridized carbons (Fsp3) is 0.500. The summed E-state index contributed by atoms with van der Waals surface area (Å²) >= 11 is 0. The normalized spacial score (nSPS) is 15.5. The number of nitrogens with zero attached hydrogens (tertiary/aromatic N) is 1. The molecule has 1 aliphatic rings. The number of rotatable bonds is 5. The molecular formula is C12H17N3O. The van der Waals surface area contributed by atoms with Gasteiger partial charge in [-0.05, 0) is 43.1 Å². The van der Waals surface area contributed by atoms with Crippen molar-refractivity contribution in [1.82, 2.24) is 15.6 Å². The third-order valence-electron chi connectivity index (χ3n) is 2.83. The Bertz CT molecular complexity index is 335. The van der Waals surface area contributed by atoms with Gasteiger partial charge in [0.2, 0.25) is 5.91 Å². The Balaban J connectivity index is 1.62. The molecular weight excluding hydrogens is 202 g/mol. The molecule has 0 saturated carbocycles. The molecule has 0 atom stereocenters. The summed E-state index contributed by atoms with van der Waals surface area (Å²) in [6, 6.07) is 3.95. The van der Waals surface area contributed by atoms with Gasteiger partial charge in [0, 0.05) is 25.4 Å². The van der Waals surface area contributed by atoms with Crippen molar-refractivity contribution in [3.05, 3.63) is 30.1 Å². The molecule has 1 amide bonds. The highest BCUT2D eigenvalue weighted by Crippen LogP contribution is 2.07. The van der Waals surface area contributed by atoms with Gasteiger partial charge in [0.15, 0.2) is 0 Å². The lowest BCUT2D eigenvalue weighted by molar-refractivity contribution is -0.122. The zero-order valence-corrected chi connectivity index (χ0v) is 9.28. The number of aromatic nitrogens is 1. The molecule has 0 radical (unpaired) electrons. The third-order valence-corrected chi connectivity index (χ3v) is 2.83. The molecule has 1 fully saturated rings. The van der Waals surface area contributed by atoms with Crippen LogP contribution in [0.25, 0.3) is 0 Å². The highest BCUT2D eigenvalue weighted by atomic mass is 16.1. The van der Waals surface area contributed by atoms with E-state index in [1.807, 2.05) is 12.1 Å². The van der Waals surface area contributed by atoms with E-state index in [0.717, 1.165) is 19.5 Å². The van der Waals surface area contributed by atoms with E-state index in [2.05, 4.69) is 15.6 Å². The van der Waals surface area contributed by atoms with Crippen molar-refractivity contribution in [2.75, 3.05) is 19.6 Å². The van der Waals surface area contributed by atoms with Crippen molar-refractivity contribution >= 4 is 5.91 Å². The van der Waals surface area contributed by atoms with Crippen LogP contribution in [0.4, 0.5) is 0 Å². The van der Waals surface area contributed by atoms with E-state index in [1.165, 1.54) is 5.56 Å². The quantitative estimate of drug-likeness (QED) is 0.751. The monoisotopic (exact) mass is 219 g/mol. The number of nitrogens with one attached hydrogen (secondary N) is 2. The van der Waals surface area contributed by atoms with E-state index in [4.69, 9.17) is 0 Å². The summed E-state index contributed by atoms with van der Waals surface area (Å²) in [5.74, 6) is 0.710. The van der Waals surface area contributed by atoms with Crippen molar-refractivity contribution in [2.24, 2.45) is 5.92 Å². The molecule has 0 unspecified atom stereocenters. The zero-order valence-electron chi connectivity index (χ0n) is 9.28. The first-order valence-electron chi connectivity index (χ1n) is 5.71. The summed E-state index contributed by atoms with van der Waals surface area (Å²) in [4.78, 5) is 15.4. The van der Waals surface area contributed by atoms with Crippen molar-refractivity contribution in [3.63, 3.8) is 0 Å². The average molecular weight is 219 g/mol. The molecule has 2 rings (SSSR count). The van der Waals surface area contributed by atoms with E-state index < -0.39 is 0 Å². The highest BCUT2D eigenvalue weighted by Gasteiger charge is 2.19. The second-order valence-corrected chi connectivity index (χ2v) is 4.18. The summed E-state index contributed by atoms with van der Waals surface area (Å²) < 4.78 is 0. The number of pyridine rings is 1. The van der Waals surface area contributed by atoms with Crippen LogP contribution in [-0.2, 0) is 11.2 Å². The summed E-state index contributed by atoms with van der Waals surface area (Å²) in [6.07, 6.45) is 5.08. The molecule has 0 aliphatic carbocycles. The van der Waals surface area contributed by atoms with Crippen molar-refractivity contribution in [1.29, 1.82) is 0 Å². The maximum Gasteiger partial charge on any atom is 0.220 e. The van der Waals surface area contributed by atoms with Gasteiger partial charge in [0.05, 0.1) is 0 Å². The summed E-state index contributed by atoms with van der Waals surface area (Å²) in [7, 11) is 0. The smallest absolute Gasteiger partial charge is 0.220 e. The fourth-order valence-corrected chi connectivity index (χ4v) is 1.72. The SMILES string of the molecule is O=C(CC1CNC1)NCCc1ccncc1. The van der Waals surface area contributed by atoms with Crippen LogP contribution < -0.4 is 10.6 Å². The highest BCUT2D eigenvalue weighted by molar-refractivity contribution is 5.76. The van der Waals surface area contributed by atoms with Crippen LogP contribution in [0.15, 0.2) is 24.5 Å². The number of amides is 1. The zero-order chi connectivity index (χ0) is 11.2. The molecule has 2 heterocycles. The molecule has 1 aromatic heterocycles. The van der Waals surface area contributed by atoms with Crippen LogP contribution in [0.3, 0.4) is 0 Å². The minimum atomic E-state index is 0.167. The van der Waals surface area contributed by atoms with Crippen molar-refractivity contribution in [2.45, 2.75) is 12.8 Å². The van der Waals surface area contributed by atoms with Gasteiger partial charge >= 0.3 is 0 Å². The van der Waals surface area contributed by atoms with Crippen molar-refractivity contribution in [3.8, 4) is 0 Å². The molecule has 0 bridgehead atoms. The minimum absolute atomic E-state index is 0.167. The van der Waals surface area contributed by atoms with Crippen LogP contribution in [-0.4, -0.2) is 30.5 Å². The molecule has 1 saturated heterocycles. The van der Waals surface area contributed by atoms with Gasteiger partial charge in [-0.15, -0.1) is 0 Å². The topological polar surface area (TPSA) is 54.0 Å². The van der Waals surface area contributed by atoms with E-state index in [0.29, 0.717) is 18.9 Å². The molecule has 1 aliphatic heterocycles. The second kappa shape index (κ2) is 5.61. The summed E-state index contributed by atoms with van der Waals surface area (Å²) in [5, 5.41) is 6.10. The van der Waals surface area contributed by atoms with Gasteiger partial charge in [-0.1, -0.05) is 0 Å². The average Bonchev–Trinajstić information content (AvgIpc) is 2.25. The maximum atomic E-state index is 11.5. The van der Waals surface area contributed by atoms with Crippen LogP contribution in [0.1, 0.15) is 12.0 Å². The number of carbonyl (C=O) groups is 1. The Morgan fingerprint density at radius 1 is 1.44 bits per heavy atom. The standard InChI is InChI=1S/C12H17N3O/c16-12(7-11-8-14-9-11)15-6-3-10-1-4-13-5-2-10/h1-2,4-5,11,14H,3,6-9H2,(H,15,16). The van der Waals surface area contributed by atoms with Crippen LogP contribution in [0.5, 0.6) is 0 Å². The Kier molecular flexibility index (Phi) is 3.88. The maximum absolute atomic E-state index is 11.5. The van der Waals surface area contributed by atoms with Gasteiger partial charge in [-0.25, -0.2) is 0 Å². The van der Waals surface area contributed by atoms with Gasteiger partial charge in [0.1, 0.15) is 0 Å². The largest absolute Gasteiger partial charge is 0.356 e. The van der Waals surface area contributed by atoms with E-state index in [-0.39, 0.29) is 5.91 Å². The predicted molar refractivity (Wildman–Crippen MR) is 61.9 cm³/mol. The first kappa shape index (κ1) is 11.1. The van der Waals surface area contributed by atoms with Crippen molar-refractivity contribution < 1.29 is 4.79 Å². The Hall–Kier alpha value is -1.42. The summed E-state index contributed by atoms with van der Waals surface area (Å²) in [5.41, 5.74) is 1.21. The van der Waals surface area contributed by atoms with Gasteiger partial charge in [-0.2, -0.15) is 0 Å². The first-order valence-corrected chi connectivity index (χ1v) is 5.71. The second-order valence-electron chi connectivity index (χ2n) is 4.18. The first-order chi connectivity index (χ1) is 7.84. The third kappa shape index (κ3) is 3.31. The van der Waals surface area contributed by atoms with Crippen LogP contribution in [0, 0.1) is 5.92 Å². The lowest BCUT2D eigenvalue weighted by Crippen LogP contribution is -2.44. The predicted octanol–water partition coefficient (Wildman–Crippen LogP) is 0.350. The van der Waals surface area contributed by atoms with Gasteiger partial charge < -0.3 is 10.6 Å². The van der Waals surface area contributed by atoms with E-state index in [9.17, 15) is 4.79 Å². The molecule has 86 valence electrons. The molecule has 0 aromatic carbocycles. The number of hydrogen-bond donors (Lipinski definition) is 2. The van der Waals surface area contributed by atoms with E-state index in [1.54, 1.807) is 12.4 Å². The lowest BCUT2D eigenvalue weighted by atomic mass is 9.99. The lowest BCUT2D eigenvalue weighted by Gasteiger charge is -2.26. The number of carbonyl (C=O) groups excluding carboxylic acids is 1. The number of hydrogen-bond acceptors (Lipinski definition) is 3. The summed E-state index contributed by atoms with van der Waals surface area (Å²) in [6.45, 7) is 2.68. The fourth-order valence-electron chi connectivity index (χ4n) is 1.72.